The second-order valence-corrected chi connectivity index (χ2v) is 7.68. The first-order valence-corrected chi connectivity index (χ1v) is 11.5. The molecule has 0 bridgehead atoms. The Balaban J connectivity index is 1.87. The number of rotatable bonds is 20. The second-order valence-electron chi connectivity index (χ2n) is 7.68. The van der Waals surface area contributed by atoms with E-state index in [-0.39, 0.29) is 0 Å². The third-order valence-electron chi connectivity index (χ3n) is 5.00. The molecule has 162 valence electrons. The molecule has 0 aliphatic rings. The zero-order chi connectivity index (χ0) is 20.1. The van der Waals surface area contributed by atoms with Gasteiger partial charge in [-0.2, -0.15) is 0 Å². The lowest BCUT2D eigenvalue weighted by molar-refractivity contribution is 0.546. The summed E-state index contributed by atoms with van der Waals surface area (Å²) < 4.78 is 0. The first-order valence-electron chi connectivity index (χ1n) is 11.5. The van der Waals surface area contributed by atoms with Crippen molar-refractivity contribution in [2.24, 2.45) is 11.5 Å². The predicted octanol–water partition coefficient (Wildman–Crippen LogP) is 2.88. The van der Waals surface area contributed by atoms with Crippen molar-refractivity contribution in [3.63, 3.8) is 0 Å². The SMILES string of the molecule is NCCCCCCNCCCCCCNCc1ccc(CNCCCN)cc1. The Hall–Kier alpha value is -0.980. The van der Waals surface area contributed by atoms with Gasteiger partial charge in [-0.15, -0.1) is 0 Å². The van der Waals surface area contributed by atoms with Gasteiger partial charge < -0.3 is 27.4 Å². The van der Waals surface area contributed by atoms with Gasteiger partial charge in [0.25, 0.3) is 0 Å². The number of hydrogen-bond donors (Lipinski definition) is 5. The number of hydrogen-bond acceptors (Lipinski definition) is 5. The highest BCUT2D eigenvalue weighted by atomic mass is 14.9. The zero-order valence-electron chi connectivity index (χ0n) is 18.0. The molecular formula is C23H45N5. The normalized spacial score (nSPS) is 11.2. The Morgan fingerprint density at radius 2 is 0.857 bits per heavy atom. The number of nitrogens with one attached hydrogen (secondary N) is 3. The predicted molar refractivity (Wildman–Crippen MR) is 122 cm³/mol. The van der Waals surface area contributed by atoms with Crippen LogP contribution in [0.4, 0.5) is 0 Å². The van der Waals surface area contributed by atoms with Crippen LogP contribution >= 0.6 is 0 Å². The molecule has 0 saturated heterocycles. The van der Waals surface area contributed by atoms with Crippen LogP contribution in [-0.2, 0) is 13.1 Å². The Bertz CT molecular complexity index is 435. The van der Waals surface area contributed by atoms with Gasteiger partial charge in [-0.3, -0.25) is 0 Å². The highest BCUT2D eigenvalue weighted by Gasteiger charge is 1.96. The molecule has 0 aliphatic carbocycles. The second kappa shape index (κ2) is 19.3. The van der Waals surface area contributed by atoms with E-state index in [0.29, 0.717) is 0 Å². The average Bonchev–Trinajstić information content (AvgIpc) is 2.72. The van der Waals surface area contributed by atoms with Crippen molar-refractivity contribution in [2.75, 3.05) is 39.3 Å². The molecule has 0 aliphatic heterocycles. The van der Waals surface area contributed by atoms with Crippen LogP contribution in [0.1, 0.15) is 68.9 Å². The van der Waals surface area contributed by atoms with Crippen molar-refractivity contribution in [1.29, 1.82) is 0 Å². The molecule has 5 nitrogen and oxygen atoms in total. The average molecular weight is 392 g/mol. The Morgan fingerprint density at radius 3 is 1.32 bits per heavy atom. The lowest BCUT2D eigenvalue weighted by Crippen LogP contribution is -2.18. The molecule has 5 heteroatoms. The lowest BCUT2D eigenvalue weighted by Gasteiger charge is -2.08. The van der Waals surface area contributed by atoms with E-state index >= 15 is 0 Å². The fourth-order valence-electron chi connectivity index (χ4n) is 3.19. The monoisotopic (exact) mass is 391 g/mol. The standard InChI is InChI=1S/C23H45N5/c24-14-5-1-2-6-16-26-17-7-3-4-8-18-27-20-22-10-12-23(13-11-22)21-28-19-9-15-25/h10-13,26-28H,1-9,14-21,24-25H2. The lowest BCUT2D eigenvalue weighted by atomic mass is 10.1. The van der Waals surface area contributed by atoms with Gasteiger partial charge >= 0.3 is 0 Å². The molecule has 1 aromatic rings. The molecular weight excluding hydrogens is 346 g/mol. The molecule has 7 N–H and O–H groups in total. The first kappa shape index (κ1) is 25.1. The summed E-state index contributed by atoms with van der Waals surface area (Å²) in [5.41, 5.74) is 13.7. The van der Waals surface area contributed by atoms with E-state index in [1.807, 2.05) is 0 Å². The van der Waals surface area contributed by atoms with Gasteiger partial charge in [0, 0.05) is 13.1 Å². The summed E-state index contributed by atoms with van der Waals surface area (Å²) in [6.45, 7) is 7.91. The topological polar surface area (TPSA) is 88.1 Å². The van der Waals surface area contributed by atoms with E-state index in [0.717, 1.165) is 58.8 Å². The van der Waals surface area contributed by atoms with Gasteiger partial charge in [0.05, 0.1) is 0 Å². The minimum atomic E-state index is 0.754. The van der Waals surface area contributed by atoms with Crippen LogP contribution in [0, 0.1) is 0 Å². The third kappa shape index (κ3) is 15.0. The Labute approximate surface area is 173 Å². The Kier molecular flexibility index (Phi) is 17.3. The van der Waals surface area contributed by atoms with Crippen molar-refractivity contribution >= 4 is 0 Å². The summed E-state index contributed by atoms with van der Waals surface area (Å²) in [4.78, 5) is 0. The van der Waals surface area contributed by atoms with E-state index in [4.69, 9.17) is 11.5 Å². The van der Waals surface area contributed by atoms with Gasteiger partial charge in [0.15, 0.2) is 0 Å². The van der Waals surface area contributed by atoms with E-state index in [9.17, 15) is 0 Å². The van der Waals surface area contributed by atoms with Crippen molar-refractivity contribution in [3.8, 4) is 0 Å². The van der Waals surface area contributed by atoms with E-state index in [1.165, 1.54) is 62.5 Å². The summed E-state index contributed by atoms with van der Waals surface area (Å²) >= 11 is 0. The minimum Gasteiger partial charge on any atom is -0.330 e. The molecule has 0 saturated carbocycles. The largest absolute Gasteiger partial charge is 0.330 e. The fourth-order valence-corrected chi connectivity index (χ4v) is 3.19. The highest BCUT2D eigenvalue weighted by molar-refractivity contribution is 5.22. The first-order chi connectivity index (χ1) is 13.9. The molecule has 0 fully saturated rings. The summed E-state index contributed by atoms with van der Waals surface area (Å²) in [6.07, 6.45) is 11.3. The quantitative estimate of drug-likeness (QED) is 0.221. The maximum Gasteiger partial charge on any atom is 0.0205 e. The van der Waals surface area contributed by atoms with Gasteiger partial charge in [0.2, 0.25) is 0 Å². The molecule has 1 rings (SSSR count). The number of nitrogens with two attached hydrogens (primary N) is 2. The van der Waals surface area contributed by atoms with Gasteiger partial charge in [-0.1, -0.05) is 49.9 Å². The highest BCUT2D eigenvalue weighted by Crippen LogP contribution is 2.05. The van der Waals surface area contributed by atoms with Crippen LogP contribution < -0.4 is 27.4 Å². The maximum absolute atomic E-state index is 5.50. The molecule has 0 unspecified atom stereocenters. The summed E-state index contributed by atoms with van der Waals surface area (Å²) in [5, 5.41) is 10.5. The molecule has 0 radical (unpaired) electrons. The van der Waals surface area contributed by atoms with Crippen molar-refractivity contribution < 1.29 is 0 Å². The molecule has 0 spiro atoms. The van der Waals surface area contributed by atoms with Crippen LogP contribution in [0.25, 0.3) is 0 Å². The van der Waals surface area contributed by atoms with E-state index in [2.05, 4.69) is 40.2 Å². The molecule has 1 aromatic carbocycles. The molecule has 0 heterocycles. The maximum atomic E-state index is 5.50. The van der Waals surface area contributed by atoms with Crippen LogP contribution in [0.15, 0.2) is 24.3 Å². The minimum absolute atomic E-state index is 0.754. The third-order valence-corrected chi connectivity index (χ3v) is 5.00. The van der Waals surface area contributed by atoms with E-state index in [1.54, 1.807) is 0 Å². The summed E-state index contributed by atoms with van der Waals surface area (Å²) in [7, 11) is 0. The summed E-state index contributed by atoms with van der Waals surface area (Å²) in [5.74, 6) is 0. The van der Waals surface area contributed by atoms with Crippen LogP contribution in [0.3, 0.4) is 0 Å². The number of benzene rings is 1. The molecule has 0 amide bonds. The summed E-state index contributed by atoms with van der Waals surface area (Å²) in [6, 6.07) is 8.90. The van der Waals surface area contributed by atoms with Gasteiger partial charge in [-0.05, 0) is 82.5 Å². The van der Waals surface area contributed by atoms with Gasteiger partial charge in [0.1, 0.15) is 0 Å². The molecule has 28 heavy (non-hydrogen) atoms. The van der Waals surface area contributed by atoms with Crippen molar-refractivity contribution in [1.82, 2.24) is 16.0 Å². The van der Waals surface area contributed by atoms with Crippen LogP contribution in [0.5, 0.6) is 0 Å². The molecule has 0 atom stereocenters. The fraction of sp³-hybridized carbons (Fsp3) is 0.739. The molecule has 0 aromatic heterocycles. The van der Waals surface area contributed by atoms with Crippen molar-refractivity contribution in [2.45, 2.75) is 70.9 Å². The van der Waals surface area contributed by atoms with Crippen LogP contribution in [0.2, 0.25) is 0 Å². The Morgan fingerprint density at radius 1 is 0.464 bits per heavy atom. The zero-order valence-corrected chi connectivity index (χ0v) is 18.0. The number of unbranched alkanes of at least 4 members (excludes halogenated alkanes) is 6. The smallest absolute Gasteiger partial charge is 0.0205 e. The van der Waals surface area contributed by atoms with Crippen LogP contribution in [-0.4, -0.2) is 39.3 Å². The van der Waals surface area contributed by atoms with E-state index < -0.39 is 0 Å². The van der Waals surface area contributed by atoms with Crippen molar-refractivity contribution in [3.05, 3.63) is 35.4 Å². The van der Waals surface area contributed by atoms with Gasteiger partial charge in [-0.25, -0.2) is 0 Å².